The zero-order valence-electron chi connectivity index (χ0n) is 14.3. The second-order valence-electron chi connectivity index (χ2n) is 5.98. The number of carbonyl (C=O) groups is 1. The van der Waals surface area contributed by atoms with E-state index < -0.39 is 0 Å². The maximum atomic E-state index is 12.4. The fraction of sp³-hybridized carbons (Fsp3) is 0.500. The average Bonchev–Trinajstić information content (AvgIpc) is 3.05. The maximum absolute atomic E-state index is 12.4. The van der Waals surface area contributed by atoms with Gasteiger partial charge in [-0.1, -0.05) is 5.16 Å². The van der Waals surface area contributed by atoms with Crippen LogP contribution in [0.25, 0.3) is 0 Å². The molecule has 1 amide bonds. The van der Waals surface area contributed by atoms with E-state index >= 15 is 0 Å². The molecule has 0 aromatic carbocycles. The van der Waals surface area contributed by atoms with Crippen LogP contribution in [-0.2, 0) is 9.53 Å². The number of hydrogen-bond acceptors (Lipinski definition) is 8. The number of ether oxygens (including phenoxy) is 1. The van der Waals surface area contributed by atoms with Gasteiger partial charge in [-0.25, -0.2) is 0 Å². The summed E-state index contributed by atoms with van der Waals surface area (Å²) in [6, 6.07) is 5.06. The smallest absolute Gasteiger partial charge is 0.243 e. The number of carbonyl (C=O) groups excluding carboxylic acids is 1. The zero-order valence-corrected chi connectivity index (χ0v) is 14.3. The molecular weight excluding hydrogens is 324 g/mol. The predicted octanol–water partition coefficient (Wildman–Crippen LogP) is 0.913. The van der Waals surface area contributed by atoms with Crippen LogP contribution in [0.4, 0.5) is 11.7 Å². The van der Waals surface area contributed by atoms with E-state index in [0.717, 1.165) is 5.69 Å². The molecule has 1 fully saturated rings. The van der Waals surface area contributed by atoms with Crippen LogP contribution in [0, 0.1) is 6.92 Å². The zero-order chi connectivity index (χ0) is 17.6. The van der Waals surface area contributed by atoms with Crippen molar-refractivity contribution in [1.29, 1.82) is 0 Å². The summed E-state index contributed by atoms with van der Waals surface area (Å²) in [6.07, 6.45) is 1.60. The molecular formula is C16H22N6O3. The topological polar surface area (TPSA) is 105 Å². The summed E-state index contributed by atoms with van der Waals surface area (Å²) in [5, 5.41) is 17.5. The van der Waals surface area contributed by atoms with Gasteiger partial charge in [0.1, 0.15) is 5.82 Å². The molecule has 0 aliphatic carbocycles. The van der Waals surface area contributed by atoms with E-state index in [9.17, 15) is 4.79 Å². The average molecular weight is 346 g/mol. The highest BCUT2D eigenvalue weighted by atomic mass is 16.5. The number of amides is 1. The standard InChI is InChI=1S/C16H22N6O3/c1-11-8-15(25-21-11)19-16(23)12(2)22-6-7-24-13(10-22)9-17-14-4-3-5-18-20-14/h3-5,8,12-13H,6-7,9-10H2,1-2H3,(H,17,20)(H,19,23)/t12-,13-/m1/s1. The van der Waals surface area contributed by atoms with Gasteiger partial charge in [0.15, 0.2) is 0 Å². The van der Waals surface area contributed by atoms with Crippen LogP contribution in [0.3, 0.4) is 0 Å². The minimum atomic E-state index is -0.298. The Labute approximate surface area is 145 Å². The molecule has 1 aliphatic rings. The van der Waals surface area contributed by atoms with Gasteiger partial charge >= 0.3 is 0 Å². The lowest BCUT2D eigenvalue weighted by Crippen LogP contribution is -2.52. The minimum absolute atomic E-state index is 0.0291. The van der Waals surface area contributed by atoms with Crippen molar-refractivity contribution in [2.75, 3.05) is 36.9 Å². The Kier molecular flexibility index (Phi) is 5.56. The lowest BCUT2D eigenvalue weighted by atomic mass is 10.2. The van der Waals surface area contributed by atoms with Crippen molar-refractivity contribution in [3.63, 3.8) is 0 Å². The van der Waals surface area contributed by atoms with Crippen LogP contribution in [0.1, 0.15) is 12.6 Å². The highest BCUT2D eigenvalue weighted by Crippen LogP contribution is 2.13. The first-order valence-corrected chi connectivity index (χ1v) is 8.23. The SMILES string of the molecule is Cc1cc(NC(=O)[C@@H](C)N2CCO[C@H](CNc3cccnn3)C2)on1. The highest BCUT2D eigenvalue weighted by Gasteiger charge is 2.28. The molecule has 0 unspecified atom stereocenters. The maximum Gasteiger partial charge on any atom is 0.243 e. The first kappa shape index (κ1) is 17.3. The van der Waals surface area contributed by atoms with Crippen molar-refractivity contribution >= 4 is 17.6 Å². The molecule has 134 valence electrons. The van der Waals surface area contributed by atoms with Gasteiger partial charge < -0.3 is 14.6 Å². The van der Waals surface area contributed by atoms with Gasteiger partial charge in [0.2, 0.25) is 11.8 Å². The molecule has 0 saturated carbocycles. The Hall–Kier alpha value is -2.52. The molecule has 9 heteroatoms. The lowest BCUT2D eigenvalue weighted by Gasteiger charge is -2.36. The van der Waals surface area contributed by atoms with Crippen LogP contribution in [0.2, 0.25) is 0 Å². The second kappa shape index (κ2) is 8.04. The number of aromatic nitrogens is 3. The van der Waals surface area contributed by atoms with E-state index in [4.69, 9.17) is 9.26 Å². The first-order valence-electron chi connectivity index (χ1n) is 8.23. The Morgan fingerprint density at radius 2 is 2.40 bits per heavy atom. The fourth-order valence-corrected chi connectivity index (χ4v) is 2.65. The van der Waals surface area contributed by atoms with Gasteiger partial charge in [-0.3, -0.25) is 15.0 Å². The van der Waals surface area contributed by atoms with Crippen LogP contribution >= 0.6 is 0 Å². The molecule has 0 radical (unpaired) electrons. The Balaban J connectivity index is 1.50. The molecule has 0 spiro atoms. The summed E-state index contributed by atoms with van der Waals surface area (Å²) < 4.78 is 10.8. The van der Waals surface area contributed by atoms with Gasteiger partial charge in [0.05, 0.1) is 24.4 Å². The van der Waals surface area contributed by atoms with Crippen molar-refractivity contribution in [2.45, 2.75) is 26.0 Å². The minimum Gasteiger partial charge on any atom is -0.374 e. The summed E-state index contributed by atoms with van der Waals surface area (Å²) in [6.45, 7) is 6.20. The van der Waals surface area contributed by atoms with Crippen molar-refractivity contribution in [3.05, 3.63) is 30.1 Å². The van der Waals surface area contributed by atoms with Crippen molar-refractivity contribution in [3.8, 4) is 0 Å². The van der Waals surface area contributed by atoms with Crippen molar-refractivity contribution in [1.82, 2.24) is 20.3 Å². The van der Waals surface area contributed by atoms with E-state index in [1.54, 1.807) is 19.2 Å². The summed E-state index contributed by atoms with van der Waals surface area (Å²) in [5.74, 6) is 0.942. The Morgan fingerprint density at radius 1 is 1.52 bits per heavy atom. The Morgan fingerprint density at radius 3 is 3.12 bits per heavy atom. The first-order chi connectivity index (χ1) is 12.1. The number of nitrogens with one attached hydrogen (secondary N) is 2. The molecule has 9 nitrogen and oxygen atoms in total. The summed E-state index contributed by atoms with van der Waals surface area (Å²) in [5.41, 5.74) is 0.726. The number of aryl methyl sites for hydroxylation is 1. The molecule has 2 aromatic heterocycles. The van der Waals surface area contributed by atoms with Crippen LogP contribution < -0.4 is 10.6 Å². The molecule has 25 heavy (non-hydrogen) atoms. The summed E-state index contributed by atoms with van der Waals surface area (Å²) in [4.78, 5) is 14.5. The van der Waals surface area contributed by atoms with Gasteiger partial charge in [-0.05, 0) is 26.0 Å². The van der Waals surface area contributed by atoms with Crippen LogP contribution in [0.15, 0.2) is 28.9 Å². The highest BCUT2D eigenvalue weighted by molar-refractivity contribution is 5.93. The molecule has 3 rings (SSSR count). The normalized spacial score (nSPS) is 19.4. The van der Waals surface area contributed by atoms with Crippen LogP contribution in [0.5, 0.6) is 0 Å². The predicted molar refractivity (Wildman–Crippen MR) is 91.2 cm³/mol. The fourth-order valence-electron chi connectivity index (χ4n) is 2.65. The monoisotopic (exact) mass is 346 g/mol. The number of rotatable bonds is 6. The van der Waals surface area contributed by atoms with Crippen LogP contribution in [-0.4, -0.2) is 64.5 Å². The molecule has 2 atom stereocenters. The summed E-state index contributed by atoms with van der Waals surface area (Å²) >= 11 is 0. The third kappa shape index (κ3) is 4.74. The van der Waals surface area contributed by atoms with Gasteiger partial charge in [0.25, 0.3) is 0 Å². The Bertz CT molecular complexity index is 692. The number of morpholine rings is 1. The number of anilines is 2. The largest absolute Gasteiger partial charge is 0.374 e. The van der Waals surface area contributed by atoms with E-state index in [2.05, 4.69) is 30.9 Å². The quantitative estimate of drug-likeness (QED) is 0.795. The molecule has 2 N–H and O–H groups in total. The molecule has 1 aliphatic heterocycles. The van der Waals surface area contributed by atoms with Crippen molar-refractivity contribution in [2.24, 2.45) is 0 Å². The second-order valence-corrected chi connectivity index (χ2v) is 5.98. The number of nitrogens with zero attached hydrogens (tertiary/aromatic N) is 4. The number of hydrogen-bond donors (Lipinski definition) is 2. The molecule has 1 saturated heterocycles. The lowest BCUT2D eigenvalue weighted by molar-refractivity contribution is -0.123. The third-order valence-corrected chi connectivity index (χ3v) is 4.05. The van der Waals surface area contributed by atoms with E-state index in [0.29, 0.717) is 37.9 Å². The van der Waals surface area contributed by atoms with E-state index in [-0.39, 0.29) is 18.1 Å². The third-order valence-electron chi connectivity index (χ3n) is 4.05. The molecule has 3 heterocycles. The van der Waals surface area contributed by atoms with Crippen molar-refractivity contribution < 1.29 is 14.1 Å². The van der Waals surface area contributed by atoms with E-state index in [1.807, 2.05) is 19.1 Å². The molecule has 0 bridgehead atoms. The van der Waals surface area contributed by atoms with E-state index in [1.165, 1.54) is 0 Å². The van der Waals surface area contributed by atoms with Gasteiger partial charge in [-0.15, -0.1) is 5.10 Å². The van der Waals surface area contributed by atoms with Gasteiger partial charge in [0, 0.05) is 31.9 Å². The summed E-state index contributed by atoms with van der Waals surface area (Å²) in [7, 11) is 0. The molecule has 2 aromatic rings. The van der Waals surface area contributed by atoms with Gasteiger partial charge in [-0.2, -0.15) is 5.10 Å².